The molecular weight excluding hydrogens is 609 g/mol. The van der Waals surface area contributed by atoms with Crippen molar-refractivity contribution < 1.29 is 32.7 Å². The number of H-pyrrole nitrogens is 1. The first-order chi connectivity index (χ1) is 20.2. The van der Waals surface area contributed by atoms with E-state index in [0.717, 1.165) is 61.9 Å². The van der Waals surface area contributed by atoms with Gasteiger partial charge in [0, 0.05) is 58.9 Å². The number of halogens is 4. The number of likely N-dealkylation sites (N-methyl/N-ethyl adjacent to an activating group) is 1. The molecule has 3 aromatic rings. The number of hydrogen-bond donors (Lipinski definition) is 4. The normalized spacial score (nSPS) is 20.7. The molecule has 2 aromatic heterocycles. The van der Waals surface area contributed by atoms with Crippen molar-refractivity contribution in [1.29, 1.82) is 0 Å². The minimum Gasteiger partial charge on any atom is -0.475 e. The van der Waals surface area contributed by atoms with Crippen LogP contribution in [0.25, 0.3) is 10.9 Å². The van der Waals surface area contributed by atoms with Gasteiger partial charge >= 0.3 is 12.1 Å². The summed E-state index contributed by atoms with van der Waals surface area (Å²) < 4.78 is 31.7. The minimum atomic E-state index is -5.08. The van der Waals surface area contributed by atoms with E-state index in [1.165, 1.54) is 16.2 Å². The van der Waals surface area contributed by atoms with Crippen LogP contribution in [-0.4, -0.2) is 95.2 Å². The van der Waals surface area contributed by atoms with Crippen LogP contribution in [0.5, 0.6) is 0 Å². The number of carboxylic acid groups (broad SMARTS) is 1. The lowest BCUT2D eigenvalue weighted by Gasteiger charge is -2.37. The number of nitrogens with zero attached hydrogens (tertiary/aromatic N) is 3. The maximum absolute atomic E-state index is 13.3. The van der Waals surface area contributed by atoms with E-state index in [4.69, 9.17) is 21.5 Å². The van der Waals surface area contributed by atoms with E-state index < -0.39 is 12.1 Å². The third-order valence-corrected chi connectivity index (χ3v) is 8.72. The molecule has 3 atom stereocenters. The highest BCUT2D eigenvalue weighted by molar-refractivity contribution is 7.13. The van der Waals surface area contributed by atoms with Crippen molar-refractivity contribution in [1.82, 2.24) is 30.4 Å². The molecule has 1 aliphatic heterocycles. The summed E-state index contributed by atoms with van der Waals surface area (Å²) in [6.07, 6.45) is -1.60. The molecule has 15 heteroatoms. The Bertz CT molecular complexity index is 1480. The number of carbonyl (C=O) groups is 3. The first-order valence-corrected chi connectivity index (χ1v) is 14.9. The SMILES string of the molecule is CN(C)CC1CCC(NC(=O)c2cc3cc(Cl)ccc3[nH]2)C(NC(=O)c2nc3c(s2)CN(C)CC3)C1.O=C(O)C(F)(F)F. The van der Waals surface area contributed by atoms with E-state index in [2.05, 4.69) is 51.5 Å². The van der Waals surface area contributed by atoms with E-state index in [9.17, 15) is 22.8 Å². The molecule has 0 bridgehead atoms. The fourth-order valence-corrected chi connectivity index (χ4v) is 6.67. The fraction of sp³-hybridized carbons (Fsp3) is 0.500. The second-order valence-electron chi connectivity index (χ2n) is 11.2. The molecule has 4 N–H and O–H groups in total. The van der Waals surface area contributed by atoms with Crippen molar-refractivity contribution in [3.8, 4) is 0 Å². The number of benzene rings is 1. The zero-order valence-electron chi connectivity index (χ0n) is 23.9. The van der Waals surface area contributed by atoms with Crippen LogP contribution in [0.15, 0.2) is 24.3 Å². The number of aromatic amines is 1. The molecular formula is C28H34ClF3N6O4S. The van der Waals surface area contributed by atoms with Crippen LogP contribution in [0.2, 0.25) is 5.02 Å². The number of aliphatic carboxylic acids is 1. The smallest absolute Gasteiger partial charge is 0.475 e. The van der Waals surface area contributed by atoms with Gasteiger partial charge in [-0.15, -0.1) is 11.3 Å². The van der Waals surface area contributed by atoms with Crippen LogP contribution in [0.1, 0.15) is 50.1 Å². The van der Waals surface area contributed by atoms with Gasteiger partial charge in [0.05, 0.1) is 5.69 Å². The van der Waals surface area contributed by atoms with Crippen molar-refractivity contribution >= 4 is 51.6 Å². The first kappa shape index (κ1) is 32.7. The Labute approximate surface area is 255 Å². The molecule has 2 aliphatic rings. The Hall–Kier alpha value is -3.20. The van der Waals surface area contributed by atoms with Gasteiger partial charge in [-0.25, -0.2) is 9.78 Å². The van der Waals surface area contributed by atoms with E-state index in [0.29, 0.717) is 21.6 Å². The Balaban J connectivity index is 0.000000541. The number of fused-ring (bicyclic) bond motifs is 2. The molecule has 234 valence electrons. The quantitative estimate of drug-likeness (QED) is 0.318. The van der Waals surface area contributed by atoms with Gasteiger partial charge in [-0.2, -0.15) is 13.2 Å². The highest BCUT2D eigenvalue weighted by Gasteiger charge is 2.38. The van der Waals surface area contributed by atoms with Gasteiger partial charge < -0.3 is 30.5 Å². The van der Waals surface area contributed by atoms with Crippen molar-refractivity contribution in [2.75, 3.05) is 34.2 Å². The molecule has 5 rings (SSSR count). The van der Waals surface area contributed by atoms with Crippen molar-refractivity contribution in [3.63, 3.8) is 0 Å². The number of amides is 2. The Morgan fingerprint density at radius 3 is 2.53 bits per heavy atom. The lowest BCUT2D eigenvalue weighted by molar-refractivity contribution is -0.192. The van der Waals surface area contributed by atoms with Gasteiger partial charge in [0.15, 0.2) is 5.01 Å². The first-order valence-electron chi connectivity index (χ1n) is 13.7. The molecule has 0 radical (unpaired) electrons. The number of thiazole rings is 1. The second kappa shape index (κ2) is 13.6. The van der Waals surface area contributed by atoms with E-state index >= 15 is 0 Å². The Morgan fingerprint density at radius 2 is 1.86 bits per heavy atom. The molecule has 3 heterocycles. The van der Waals surface area contributed by atoms with Crippen molar-refractivity contribution in [3.05, 3.63) is 50.6 Å². The molecule has 2 amide bonds. The van der Waals surface area contributed by atoms with Crippen LogP contribution < -0.4 is 10.6 Å². The van der Waals surface area contributed by atoms with Crippen LogP contribution in [0, 0.1) is 5.92 Å². The molecule has 0 spiro atoms. The maximum atomic E-state index is 13.3. The van der Waals surface area contributed by atoms with Gasteiger partial charge in [-0.3, -0.25) is 9.59 Å². The molecule has 1 saturated carbocycles. The summed E-state index contributed by atoms with van der Waals surface area (Å²) in [5.41, 5.74) is 2.40. The Morgan fingerprint density at radius 1 is 1.16 bits per heavy atom. The average Bonchev–Trinajstić information content (AvgIpc) is 3.53. The molecule has 1 fully saturated rings. The van der Waals surface area contributed by atoms with Crippen LogP contribution >= 0.6 is 22.9 Å². The largest absolute Gasteiger partial charge is 0.490 e. The lowest BCUT2D eigenvalue weighted by atomic mass is 9.81. The van der Waals surface area contributed by atoms with Crippen LogP contribution in [0.3, 0.4) is 0 Å². The topological polar surface area (TPSA) is 131 Å². The summed E-state index contributed by atoms with van der Waals surface area (Å²) in [4.78, 5) is 48.8. The van der Waals surface area contributed by atoms with Gasteiger partial charge in [0.2, 0.25) is 0 Å². The third kappa shape index (κ3) is 8.68. The van der Waals surface area contributed by atoms with E-state index in [1.807, 2.05) is 18.2 Å². The number of nitrogens with one attached hydrogen (secondary N) is 3. The van der Waals surface area contributed by atoms with Crippen LogP contribution in [0.4, 0.5) is 13.2 Å². The summed E-state index contributed by atoms with van der Waals surface area (Å²) in [5.74, 6) is -2.63. The van der Waals surface area contributed by atoms with Gasteiger partial charge in [-0.1, -0.05) is 11.6 Å². The number of carbonyl (C=O) groups excluding carboxylic acids is 2. The molecule has 10 nitrogen and oxygen atoms in total. The average molecular weight is 643 g/mol. The third-order valence-electron chi connectivity index (χ3n) is 7.40. The summed E-state index contributed by atoms with van der Waals surface area (Å²) in [6.45, 7) is 2.75. The van der Waals surface area contributed by atoms with Gasteiger partial charge in [-0.05, 0) is 70.6 Å². The van der Waals surface area contributed by atoms with Crippen molar-refractivity contribution in [2.24, 2.45) is 5.92 Å². The maximum Gasteiger partial charge on any atom is 0.490 e. The minimum absolute atomic E-state index is 0.146. The van der Waals surface area contributed by atoms with E-state index in [1.54, 1.807) is 6.07 Å². The number of alkyl halides is 3. The lowest BCUT2D eigenvalue weighted by Crippen LogP contribution is -2.55. The molecule has 3 unspecified atom stereocenters. The molecule has 43 heavy (non-hydrogen) atoms. The van der Waals surface area contributed by atoms with E-state index in [-0.39, 0.29) is 23.9 Å². The highest BCUT2D eigenvalue weighted by atomic mass is 35.5. The monoisotopic (exact) mass is 642 g/mol. The van der Waals surface area contributed by atoms with Crippen molar-refractivity contribution in [2.45, 2.75) is 50.5 Å². The summed E-state index contributed by atoms with van der Waals surface area (Å²) in [5, 5.41) is 15.6. The molecule has 1 aromatic carbocycles. The predicted molar refractivity (Wildman–Crippen MR) is 158 cm³/mol. The Kier molecular flexibility index (Phi) is 10.4. The number of aromatic nitrogens is 2. The zero-order chi connectivity index (χ0) is 31.5. The summed E-state index contributed by atoms with van der Waals surface area (Å²) in [7, 11) is 6.23. The molecule has 0 saturated heterocycles. The fourth-order valence-electron chi connectivity index (χ4n) is 5.39. The molecule has 1 aliphatic carbocycles. The number of rotatable bonds is 6. The van der Waals surface area contributed by atoms with Gasteiger partial charge in [0.25, 0.3) is 11.8 Å². The summed E-state index contributed by atoms with van der Waals surface area (Å²) in [6, 6.07) is 7.01. The number of carboxylic acids is 1. The van der Waals surface area contributed by atoms with Crippen LogP contribution in [-0.2, 0) is 17.8 Å². The number of hydrogen-bond acceptors (Lipinski definition) is 7. The highest BCUT2D eigenvalue weighted by Crippen LogP contribution is 2.28. The standard InChI is InChI=1S/C26H33ClN6O2S.C2HF3O2/c1-32(2)13-15-4-6-19(29-24(34)22-12-16-11-17(27)5-7-18(16)28-22)21(10-15)30-25(35)26-31-20-8-9-33(3)14-23(20)36-26;3-2(4,5)1(6)7/h5,7,11-12,15,19,21,28H,4,6,8-10,13-14H2,1-3H3,(H,29,34)(H,30,35);(H,6,7). The predicted octanol–water partition coefficient (Wildman–Crippen LogP) is 4.16. The second-order valence-corrected chi connectivity index (χ2v) is 12.7. The summed E-state index contributed by atoms with van der Waals surface area (Å²) >= 11 is 7.59. The zero-order valence-corrected chi connectivity index (χ0v) is 25.5. The van der Waals surface area contributed by atoms with Gasteiger partial charge in [0.1, 0.15) is 5.69 Å².